The number of nitrogen functional groups attached to an aromatic ring is 1. The summed E-state index contributed by atoms with van der Waals surface area (Å²) < 4.78 is 5.80. The summed E-state index contributed by atoms with van der Waals surface area (Å²) in [6.45, 7) is 1.15. The first kappa shape index (κ1) is 17.2. The van der Waals surface area contributed by atoms with Crippen LogP contribution in [-0.2, 0) is 13.2 Å². The number of halogens is 1. The molecule has 0 radical (unpaired) electrons. The van der Waals surface area contributed by atoms with Crippen LogP contribution in [0.1, 0.15) is 11.1 Å². The van der Waals surface area contributed by atoms with Gasteiger partial charge in [-0.15, -0.1) is 0 Å². The summed E-state index contributed by atoms with van der Waals surface area (Å²) in [5.41, 5.74) is 9.50. The minimum Gasteiger partial charge on any atom is -0.489 e. The largest absolute Gasteiger partial charge is 0.489 e. The highest BCUT2D eigenvalue weighted by molar-refractivity contribution is 6.30. The van der Waals surface area contributed by atoms with Crippen molar-refractivity contribution in [1.82, 2.24) is 15.0 Å². The molecule has 6 nitrogen and oxygen atoms in total. The molecule has 0 saturated heterocycles. The Hall–Kier alpha value is -3.25. The Bertz CT molecular complexity index is 1040. The Labute approximate surface area is 161 Å². The van der Waals surface area contributed by atoms with Gasteiger partial charge in [0.05, 0.1) is 0 Å². The highest BCUT2D eigenvalue weighted by atomic mass is 35.5. The van der Waals surface area contributed by atoms with Gasteiger partial charge in [0.2, 0.25) is 5.95 Å². The van der Waals surface area contributed by atoms with Crippen molar-refractivity contribution >= 4 is 34.3 Å². The van der Waals surface area contributed by atoms with Crippen molar-refractivity contribution < 1.29 is 4.74 Å². The lowest BCUT2D eigenvalue weighted by Crippen LogP contribution is -2.00. The van der Waals surface area contributed by atoms with Crippen LogP contribution in [0.3, 0.4) is 0 Å². The van der Waals surface area contributed by atoms with E-state index < -0.39 is 0 Å². The maximum Gasteiger partial charge on any atom is 0.221 e. The Morgan fingerprint density at radius 1 is 1.07 bits per heavy atom. The van der Waals surface area contributed by atoms with Gasteiger partial charge in [0.25, 0.3) is 0 Å². The van der Waals surface area contributed by atoms with Crippen molar-refractivity contribution in [2.24, 2.45) is 0 Å². The van der Waals surface area contributed by atoms with Crippen LogP contribution in [0.2, 0.25) is 5.02 Å². The van der Waals surface area contributed by atoms with E-state index in [9.17, 15) is 0 Å². The van der Waals surface area contributed by atoms with E-state index in [1.807, 2.05) is 54.7 Å². The van der Waals surface area contributed by atoms with Crippen LogP contribution in [0.4, 0.5) is 11.6 Å². The average molecular weight is 380 g/mol. The van der Waals surface area contributed by atoms with E-state index in [1.54, 1.807) is 6.20 Å². The predicted octanol–water partition coefficient (Wildman–Crippen LogP) is 4.38. The Morgan fingerprint density at radius 2 is 1.85 bits per heavy atom. The number of aromatic nitrogens is 3. The second-order valence-corrected chi connectivity index (χ2v) is 6.53. The number of H-pyrrole nitrogens is 1. The number of nitrogens with one attached hydrogen (secondary N) is 2. The summed E-state index contributed by atoms with van der Waals surface area (Å²) >= 11 is 5.89. The number of benzene rings is 2. The first-order valence-electron chi connectivity index (χ1n) is 8.47. The molecule has 4 N–H and O–H groups in total. The van der Waals surface area contributed by atoms with Crippen LogP contribution >= 0.6 is 11.6 Å². The van der Waals surface area contributed by atoms with E-state index in [0.29, 0.717) is 13.2 Å². The van der Waals surface area contributed by atoms with Crippen molar-refractivity contribution in [2.75, 3.05) is 11.1 Å². The summed E-state index contributed by atoms with van der Waals surface area (Å²) in [6, 6.07) is 15.5. The van der Waals surface area contributed by atoms with E-state index >= 15 is 0 Å². The molecular formula is C20H18ClN5O. The molecule has 0 aliphatic carbocycles. The molecule has 0 amide bonds. The van der Waals surface area contributed by atoms with Crippen molar-refractivity contribution in [2.45, 2.75) is 13.2 Å². The summed E-state index contributed by atoms with van der Waals surface area (Å²) in [4.78, 5) is 11.3. The zero-order valence-corrected chi connectivity index (χ0v) is 15.2. The SMILES string of the molecule is Nc1ncc2c(CNc3ccc(OCc4ccc(Cl)cc4)cc3)c[nH]c2n1. The minimum absolute atomic E-state index is 0.262. The molecule has 27 heavy (non-hydrogen) atoms. The van der Waals surface area contributed by atoms with Crippen molar-refractivity contribution in [1.29, 1.82) is 0 Å². The number of fused-ring (bicyclic) bond motifs is 1. The molecular weight excluding hydrogens is 362 g/mol. The van der Waals surface area contributed by atoms with Crippen LogP contribution in [0.15, 0.2) is 60.9 Å². The van der Waals surface area contributed by atoms with Crippen LogP contribution in [0, 0.1) is 0 Å². The van der Waals surface area contributed by atoms with Gasteiger partial charge in [0, 0.05) is 35.0 Å². The lowest BCUT2D eigenvalue weighted by Gasteiger charge is -2.09. The van der Waals surface area contributed by atoms with Crippen molar-refractivity contribution in [3.8, 4) is 5.75 Å². The molecule has 0 atom stereocenters. The number of hydrogen-bond acceptors (Lipinski definition) is 5. The number of nitrogens with two attached hydrogens (primary N) is 1. The molecule has 2 aromatic carbocycles. The Kier molecular flexibility index (Phi) is 4.80. The van der Waals surface area contributed by atoms with E-state index in [4.69, 9.17) is 22.1 Å². The van der Waals surface area contributed by atoms with Crippen molar-refractivity contribution in [3.05, 3.63) is 77.1 Å². The number of rotatable bonds is 6. The number of anilines is 2. The second kappa shape index (κ2) is 7.55. The molecule has 0 spiro atoms. The van der Waals surface area contributed by atoms with Gasteiger partial charge >= 0.3 is 0 Å². The normalized spacial score (nSPS) is 10.9. The maximum atomic E-state index is 5.89. The van der Waals surface area contributed by atoms with Gasteiger partial charge in [-0.25, -0.2) is 4.98 Å². The standard InChI is InChI=1S/C20H18ClN5O/c21-15-3-1-13(2-4-15)12-27-17-7-5-16(6-8-17)23-9-14-10-24-19-18(14)11-25-20(22)26-19/h1-8,10-11,23H,9,12H2,(H3,22,24,25,26). The van der Waals surface area contributed by atoms with Gasteiger partial charge < -0.3 is 20.8 Å². The van der Waals surface area contributed by atoms with Crippen LogP contribution in [0.5, 0.6) is 5.75 Å². The third kappa shape index (κ3) is 4.12. The highest BCUT2D eigenvalue weighted by Crippen LogP contribution is 2.20. The molecule has 4 aromatic rings. The van der Waals surface area contributed by atoms with Gasteiger partial charge in [-0.3, -0.25) is 0 Å². The third-order valence-electron chi connectivity index (χ3n) is 4.19. The second-order valence-electron chi connectivity index (χ2n) is 6.10. The summed E-state index contributed by atoms with van der Waals surface area (Å²) in [7, 11) is 0. The first-order chi connectivity index (χ1) is 13.2. The molecule has 0 bridgehead atoms. The fraction of sp³-hybridized carbons (Fsp3) is 0.100. The number of hydrogen-bond donors (Lipinski definition) is 3. The smallest absolute Gasteiger partial charge is 0.221 e. The topological polar surface area (TPSA) is 88.9 Å². The van der Waals surface area contributed by atoms with Crippen LogP contribution < -0.4 is 15.8 Å². The number of nitrogens with zero attached hydrogens (tertiary/aromatic N) is 2. The molecule has 0 aliphatic heterocycles. The average Bonchev–Trinajstić information content (AvgIpc) is 3.09. The van der Waals surface area contributed by atoms with Crippen molar-refractivity contribution in [3.63, 3.8) is 0 Å². The summed E-state index contributed by atoms with van der Waals surface area (Å²) in [6.07, 6.45) is 3.65. The number of ether oxygens (including phenoxy) is 1. The zero-order valence-electron chi connectivity index (χ0n) is 14.4. The van der Waals surface area contributed by atoms with Gasteiger partial charge in [-0.1, -0.05) is 23.7 Å². The lowest BCUT2D eigenvalue weighted by atomic mass is 10.2. The maximum absolute atomic E-state index is 5.89. The lowest BCUT2D eigenvalue weighted by molar-refractivity contribution is 0.306. The quantitative estimate of drug-likeness (QED) is 0.462. The fourth-order valence-corrected chi connectivity index (χ4v) is 2.86. The van der Waals surface area contributed by atoms with Gasteiger partial charge in [-0.05, 0) is 47.5 Å². The summed E-state index contributed by atoms with van der Waals surface area (Å²) in [5.74, 6) is 1.07. The first-order valence-corrected chi connectivity index (χ1v) is 8.85. The fourth-order valence-electron chi connectivity index (χ4n) is 2.73. The minimum atomic E-state index is 0.262. The molecule has 2 aromatic heterocycles. The van der Waals surface area contributed by atoms with E-state index in [0.717, 1.165) is 38.6 Å². The molecule has 0 fully saturated rings. The van der Waals surface area contributed by atoms with Crippen LogP contribution in [0.25, 0.3) is 11.0 Å². The Balaban J connectivity index is 1.35. The predicted molar refractivity (Wildman–Crippen MR) is 108 cm³/mol. The molecule has 0 unspecified atom stereocenters. The highest BCUT2D eigenvalue weighted by Gasteiger charge is 2.06. The third-order valence-corrected chi connectivity index (χ3v) is 4.44. The van der Waals surface area contributed by atoms with Gasteiger partial charge in [-0.2, -0.15) is 4.98 Å². The summed E-state index contributed by atoms with van der Waals surface area (Å²) in [5, 5.41) is 5.06. The van der Waals surface area contributed by atoms with E-state index in [1.165, 1.54) is 0 Å². The number of aromatic amines is 1. The molecule has 7 heteroatoms. The van der Waals surface area contributed by atoms with Crippen LogP contribution in [-0.4, -0.2) is 15.0 Å². The van der Waals surface area contributed by atoms with E-state index in [-0.39, 0.29) is 5.95 Å². The molecule has 4 rings (SSSR count). The zero-order chi connectivity index (χ0) is 18.6. The van der Waals surface area contributed by atoms with E-state index in [2.05, 4.69) is 20.3 Å². The molecule has 0 saturated carbocycles. The molecule has 136 valence electrons. The monoisotopic (exact) mass is 379 g/mol. The molecule has 0 aliphatic rings. The Morgan fingerprint density at radius 3 is 2.63 bits per heavy atom. The molecule has 2 heterocycles. The van der Waals surface area contributed by atoms with Gasteiger partial charge in [0.15, 0.2) is 0 Å². The van der Waals surface area contributed by atoms with Gasteiger partial charge in [0.1, 0.15) is 18.0 Å².